The highest BCUT2D eigenvalue weighted by Crippen LogP contribution is 2.15. The molecule has 0 unspecified atom stereocenters. The third-order valence-corrected chi connectivity index (χ3v) is 15.1. The molecule has 0 aromatic carbocycles. The highest BCUT2D eigenvalue weighted by atomic mass is 16.4. The molecule has 0 aromatic heterocycles. The summed E-state index contributed by atoms with van der Waals surface area (Å²) in [7, 11) is 0. The zero-order valence-electron chi connectivity index (χ0n) is 57.1. The lowest BCUT2D eigenvalue weighted by Crippen LogP contribution is -2.71. The maximum absolute atomic E-state index is 14.1. The monoisotopic (exact) mass is 1390 g/mol. The Balaban J connectivity index is 6.67. The van der Waals surface area contributed by atoms with Gasteiger partial charge in [0.1, 0.15) is 79.1 Å². The van der Waals surface area contributed by atoms with Crippen LogP contribution in [-0.2, 0) is 81.5 Å². The van der Waals surface area contributed by atoms with Gasteiger partial charge >= 0.3 is 17.9 Å². The van der Waals surface area contributed by atoms with E-state index < -0.39 is 243 Å². The van der Waals surface area contributed by atoms with Crippen molar-refractivity contribution in [3.8, 4) is 0 Å². The summed E-state index contributed by atoms with van der Waals surface area (Å²) < 4.78 is 0. The molecule has 0 rings (SSSR count). The number of hydrogen-bond donors (Lipinski definition) is 20. The Bertz CT molecular complexity index is 2770. The molecule has 14 amide bonds. The molecule has 0 aliphatic rings. The second-order valence-corrected chi connectivity index (χ2v) is 25.2. The summed E-state index contributed by atoms with van der Waals surface area (Å²) in [6.45, 7) is 17.2. The molecule has 37 nitrogen and oxygen atoms in total. The maximum atomic E-state index is 14.1. The summed E-state index contributed by atoms with van der Waals surface area (Å²) in [6, 6.07) is -20.3. The predicted molar refractivity (Wildman–Crippen MR) is 342 cm³/mol. The highest BCUT2D eigenvalue weighted by molar-refractivity contribution is 6.00. The second kappa shape index (κ2) is 43.8. The molecule has 15 atom stereocenters. The number of aliphatic hydroxyl groups excluding tert-OH is 2. The van der Waals surface area contributed by atoms with Crippen LogP contribution in [0.15, 0.2) is 0 Å². The molecule has 0 saturated carbocycles. The van der Waals surface area contributed by atoms with E-state index in [4.69, 9.17) is 11.5 Å². The fourth-order valence-corrected chi connectivity index (χ4v) is 9.16. The quantitative estimate of drug-likeness (QED) is 0.0269. The average molecular weight is 1390 g/mol. The number of primary amides is 2. The lowest BCUT2D eigenvalue weighted by molar-refractivity contribution is -0.409. The number of nitrogens with two attached hydrogens (primary N) is 2. The average Bonchev–Trinajstić information content (AvgIpc) is 0.989. The van der Waals surface area contributed by atoms with Gasteiger partial charge in [-0.05, 0) is 75.5 Å². The Morgan fingerprint density at radius 2 is 0.660 bits per heavy atom. The summed E-state index contributed by atoms with van der Waals surface area (Å²) in [5.74, 6) is -21.3. The molecule has 0 saturated heterocycles. The van der Waals surface area contributed by atoms with Crippen molar-refractivity contribution in [2.24, 2.45) is 41.1 Å². The Morgan fingerprint density at radius 1 is 0.340 bits per heavy atom. The zero-order chi connectivity index (χ0) is 74.9. The van der Waals surface area contributed by atoms with Gasteiger partial charge in [0.25, 0.3) is 5.91 Å². The van der Waals surface area contributed by atoms with Crippen LogP contribution in [-0.4, -0.2) is 218 Å². The van der Waals surface area contributed by atoms with E-state index in [1.165, 1.54) is 6.92 Å². The van der Waals surface area contributed by atoms with Crippen LogP contribution in [0, 0.1) is 29.6 Å². The number of nitrogens with one attached hydrogen (secondary N) is 12. The van der Waals surface area contributed by atoms with Crippen molar-refractivity contribution < 1.29 is 113 Å². The minimum Gasteiger partial charge on any atom is -0.481 e. The number of aliphatic hydroxyl groups is 2. The van der Waals surface area contributed by atoms with Gasteiger partial charge in [0.15, 0.2) is 6.04 Å². The van der Waals surface area contributed by atoms with Crippen LogP contribution in [0.4, 0.5) is 0 Å². The summed E-state index contributed by atoms with van der Waals surface area (Å²) in [5, 5.41) is 77.0. The minimum absolute atomic E-state index is 0.0172. The fraction of sp³-hybridized carbons (Fsp3) is 0.717. The van der Waals surface area contributed by atoms with Crippen LogP contribution >= 0.6 is 0 Å². The van der Waals surface area contributed by atoms with Gasteiger partial charge in [0.2, 0.25) is 76.8 Å². The molecule has 0 aliphatic heterocycles. The van der Waals surface area contributed by atoms with Gasteiger partial charge in [0, 0.05) is 12.8 Å². The molecule has 0 bridgehead atoms. The number of quaternary nitrogens is 1. The van der Waals surface area contributed by atoms with Gasteiger partial charge in [-0.1, -0.05) is 82.1 Å². The largest absolute Gasteiger partial charge is 0.481 e. The van der Waals surface area contributed by atoms with Crippen molar-refractivity contribution in [1.29, 1.82) is 0 Å². The van der Waals surface area contributed by atoms with Crippen LogP contribution in [0.5, 0.6) is 0 Å². The van der Waals surface area contributed by atoms with Gasteiger partial charge < -0.3 is 107 Å². The first-order chi connectivity index (χ1) is 45.0. The van der Waals surface area contributed by atoms with Gasteiger partial charge in [-0.15, -0.1) is 0 Å². The van der Waals surface area contributed by atoms with Crippen molar-refractivity contribution in [3.05, 3.63) is 0 Å². The number of carbonyl (C=O) groups is 17. The predicted octanol–water partition coefficient (Wildman–Crippen LogP) is -6.77. The number of carboxylic acids is 3. The lowest BCUT2D eigenvalue weighted by atomic mass is 9.96. The molecule has 24 N–H and O–H groups in total. The van der Waals surface area contributed by atoms with Gasteiger partial charge in [-0.25, -0.2) is 4.79 Å². The van der Waals surface area contributed by atoms with Crippen LogP contribution in [0.25, 0.3) is 0 Å². The van der Waals surface area contributed by atoms with E-state index in [1.807, 2.05) is 0 Å². The number of rotatable bonds is 47. The van der Waals surface area contributed by atoms with E-state index >= 15 is 0 Å². The van der Waals surface area contributed by atoms with Crippen LogP contribution in [0.2, 0.25) is 0 Å². The Labute approximate surface area is 562 Å². The van der Waals surface area contributed by atoms with E-state index in [1.54, 1.807) is 62.3 Å². The van der Waals surface area contributed by atoms with E-state index in [-0.39, 0.29) is 43.4 Å². The molecule has 550 valence electrons. The van der Waals surface area contributed by atoms with Crippen molar-refractivity contribution in [3.63, 3.8) is 0 Å². The highest BCUT2D eigenvalue weighted by Gasteiger charge is 2.39. The smallest absolute Gasteiger partial charge is 0.326 e. The molecule has 0 heterocycles. The number of amides is 14. The first kappa shape index (κ1) is 87.9. The van der Waals surface area contributed by atoms with Crippen LogP contribution in [0.3, 0.4) is 0 Å². The van der Waals surface area contributed by atoms with Crippen LogP contribution in [0.1, 0.15) is 154 Å². The molecule has 0 radical (unpaired) electrons. The fourth-order valence-electron chi connectivity index (χ4n) is 9.16. The molecule has 0 fully saturated rings. The van der Waals surface area contributed by atoms with Crippen molar-refractivity contribution in [1.82, 2.24) is 63.8 Å². The number of carboxylic acid groups (broad SMARTS) is 3. The molecular formula is C60H104N15O22+. The van der Waals surface area contributed by atoms with E-state index in [0.717, 1.165) is 13.8 Å². The third-order valence-electron chi connectivity index (χ3n) is 15.1. The first-order valence-corrected chi connectivity index (χ1v) is 32.0. The van der Waals surface area contributed by atoms with Crippen molar-refractivity contribution in [2.75, 3.05) is 13.2 Å². The minimum atomic E-state index is -1.96. The first-order valence-electron chi connectivity index (χ1n) is 32.0. The second-order valence-electron chi connectivity index (χ2n) is 25.2. The van der Waals surface area contributed by atoms with Gasteiger partial charge in [0.05, 0.1) is 19.4 Å². The summed E-state index contributed by atoms with van der Waals surface area (Å²) in [4.78, 5) is 223. The van der Waals surface area contributed by atoms with Crippen molar-refractivity contribution in [2.45, 2.75) is 232 Å². The van der Waals surface area contributed by atoms with Gasteiger partial charge in [-0.3, -0.25) is 76.7 Å². The number of hydrogen-bond acceptors (Lipinski definition) is 19. The topological polar surface area (TPSA) is 615 Å². The maximum Gasteiger partial charge on any atom is 0.326 e. The molecule has 0 spiro atoms. The molecule has 37 heteroatoms. The SMILES string of the molecule is CC[C@H](C)[C@H](NC(=O)[C@H](CCC(=O)O)NC(=O)[C@H](C)NC(=O)[C@H](CCC(N)=O)NC(=O)[C@H](CO)NC(=O)[C@H](CC(C)C)NC(=O)[C@@H](NC(=O)[C@@H]([NH3+])CO)[C@@H](C)CC)C(=O)N[C@@H](CC(=O)O)C(=O)N[C@@H](C)C(=O)N[C@@H](CC(C)C)C(=O)N[C@@H](CC(C)C)C(=O)N[C@@H](CC(N)=O)C(=O)O. The summed E-state index contributed by atoms with van der Waals surface area (Å²) >= 11 is 0. The Morgan fingerprint density at radius 3 is 1.02 bits per heavy atom. The Hall–Kier alpha value is -9.13. The van der Waals surface area contributed by atoms with E-state index in [9.17, 15) is 107 Å². The number of aliphatic carboxylic acids is 3. The van der Waals surface area contributed by atoms with Crippen molar-refractivity contribution >= 4 is 101 Å². The molecule has 0 aromatic rings. The molecule has 0 aliphatic carbocycles. The van der Waals surface area contributed by atoms with E-state index in [2.05, 4.69) is 69.5 Å². The lowest BCUT2D eigenvalue weighted by Gasteiger charge is -2.29. The number of carbonyl (C=O) groups excluding carboxylic acids is 14. The third kappa shape index (κ3) is 33.4. The Kier molecular flexibility index (Phi) is 39.7. The summed E-state index contributed by atoms with van der Waals surface area (Å²) in [5.41, 5.74) is 14.0. The van der Waals surface area contributed by atoms with Crippen LogP contribution < -0.4 is 81.0 Å². The summed E-state index contributed by atoms with van der Waals surface area (Å²) in [6.07, 6.45) is -3.93. The molecular weight excluding hydrogens is 1280 g/mol. The molecule has 97 heavy (non-hydrogen) atoms. The van der Waals surface area contributed by atoms with E-state index in [0.29, 0.717) is 6.42 Å². The zero-order valence-corrected chi connectivity index (χ0v) is 57.1. The van der Waals surface area contributed by atoms with Gasteiger partial charge in [-0.2, -0.15) is 0 Å². The normalized spacial score (nSPS) is 15.9. The standard InChI is InChI=1S/C60H103N15O22/c1-13-29(9)46(74-50(86)33(61)24-76)58(94)70-38(21-28(7)8)56(92)73-41(25-77)57(93)67-34(15-17-42(62)78)51(87)64-31(11)48(84)66-35(16-18-44(80)81)52(88)75-47(30(10)14-2)59(95)71-39(23-45(82)83)53(89)65-32(12)49(85)68-36(19-26(3)4)54(90)69-37(20-27(5)6)55(91)72-40(60(96)97)22-43(63)79/h26-41,46-47,76-77H,13-25,61H2,1-12H3,(H2,62,78)(H2,63,79)(H,64,87)(H,65,89)(H,66,84)(H,67,93)(H,68,85)(H,69,90)(H,70,94)(H,71,95)(H,72,91)(H,73,92)(H,74,86)(H,75,88)(H,80,81)(H,82,83)(H,96,97)/p+1/t29-,30-,31-,32-,33-,34-,35-,36-,37-,38-,39-,40-,41-,46-,47-/m0/s1.